The molecule has 0 bridgehead atoms. The van der Waals surface area contributed by atoms with Gasteiger partial charge in [0.05, 0.1) is 5.52 Å². The Hall–Kier alpha value is -3.12. The van der Waals surface area contributed by atoms with Crippen molar-refractivity contribution in [2.45, 2.75) is 32.0 Å². The number of aromatic nitrogens is 4. The zero-order chi connectivity index (χ0) is 22.0. The minimum atomic E-state index is -1.98. The van der Waals surface area contributed by atoms with E-state index in [1.807, 2.05) is 15.8 Å². The molecule has 0 saturated carbocycles. The molecular formula is C21H24N6O4S-2. The molecule has 3 aromatic heterocycles. The Morgan fingerprint density at radius 3 is 2.62 bits per heavy atom. The van der Waals surface area contributed by atoms with E-state index in [0.29, 0.717) is 42.7 Å². The van der Waals surface area contributed by atoms with Crippen LogP contribution in [0.25, 0.3) is 16.0 Å². The van der Waals surface area contributed by atoms with Crippen molar-refractivity contribution in [3.8, 4) is 0 Å². The number of hydrogen-bond acceptors (Lipinski definition) is 8. The Morgan fingerprint density at radius 2 is 1.91 bits per heavy atom. The molecule has 0 radical (unpaired) electrons. The number of thiophene rings is 1. The van der Waals surface area contributed by atoms with Gasteiger partial charge in [-0.3, -0.25) is 18.6 Å². The van der Waals surface area contributed by atoms with Gasteiger partial charge in [0.1, 0.15) is 10.5 Å². The minimum absolute atomic E-state index is 0. The molecule has 10 nitrogen and oxygen atoms in total. The van der Waals surface area contributed by atoms with Crippen molar-refractivity contribution in [2.24, 2.45) is 7.05 Å². The summed E-state index contributed by atoms with van der Waals surface area (Å²) in [5.74, 6) is 1.15. The summed E-state index contributed by atoms with van der Waals surface area (Å²) in [5.41, 5.74) is 1.86. The van der Waals surface area contributed by atoms with E-state index >= 15 is 0 Å². The molecular weight excluding hydrogens is 432 g/mol. The number of carbonyl (C=O) groups excluding carboxylic acids is 1. The van der Waals surface area contributed by atoms with E-state index in [-0.39, 0.29) is 23.2 Å². The predicted octanol–water partition coefficient (Wildman–Crippen LogP) is 0.206. The van der Waals surface area contributed by atoms with Crippen molar-refractivity contribution in [1.82, 2.24) is 30.6 Å². The third kappa shape index (κ3) is 4.70. The first-order valence-corrected chi connectivity index (χ1v) is 10.8. The van der Waals surface area contributed by atoms with Crippen LogP contribution < -0.4 is 27.2 Å². The summed E-state index contributed by atoms with van der Waals surface area (Å²) in [7, 11) is 1.68. The maximum atomic E-state index is 12.4. The zero-order valence-electron chi connectivity index (χ0n) is 17.6. The van der Waals surface area contributed by atoms with E-state index in [2.05, 4.69) is 15.5 Å². The van der Waals surface area contributed by atoms with Gasteiger partial charge in [-0.15, -0.1) is 21.5 Å². The van der Waals surface area contributed by atoms with Crippen LogP contribution in [0.2, 0.25) is 0 Å². The molecule has 170 valence electrons. The van der Waals surface area contributed by atoms with E-state index in [4.69, 9.17) is 0 Å². The number of carbonyl (C=O) groups is 1. The second-order valence-corrected chi connectivity index (χ2v) is 8.19. The van der Waals surface area contributed by atoms with Crippen LogP contribution in [-0.2, 0) is 24.7 Å². The fraction of sp³-hybridized carbons (Fsp3) is 0.333. The van der Waals surface area contributed by atoms with Gasteiger partial charge in [-0.2, -0.15) is 6.29 Å². The number of aryl methyl sites for hydroxylation is 2. The first kappa shape index (κ1) is 23.5. The number of amides is 1. The largest absolute Gasteiger partial charge is 0.862 e. The van der Waals surface area contributed by atoms with Crippen LogP contribution in [0.4, 0.5) is 0 Å². The van der Waals surface area contributed by atoms with Gasteiger partial charge in [-0.25, -0.2) is 0 Å². The molecule has 0 saturated heterocycles. The number of benzene rings is 1. The highest BCUT2D eigenvalue weighted by Crippen LogP contribution is 2.19. The van der Waals surface area contributed by atoms with Gasteiger partial charge in [0, 0.05) is 26.4 Å². The second-order valence-electron chi connectivity index (χ2n) is 7.28. The summed E-state index contributed by atoms with van der Waals surface area (Å²) >= 11 is 1.39. The Labute approximate surface area is 187 Å². The summed E-state index contributed by atoms with van der Waals surface area (Å²) in [6, 6.07) is 8.42. The number of nitrogens with one attached hydrogen (secondary N) is 1. The van der Waals surface area contributed by atoms with E-state index in [1.54, 1.807) is 19.2 Å². The Balaban J connectivity index is 0.00000289. The maximum absolute atomic E-state index is 12.4. The van der Waals surface area contributed by atoms with Crippen molar-refractivity contribution in [1.29, 1.82) is 0 Å². The highest BCUT2D eigenvalue weighted by Gasteiger charge is 2.15. The molecule has 0 aliphatic carbocycles. The molecule has 32 heavy (non-hydrogen) atoms. The summed E-state index contributed by atoms with van der Waals surface area (Å²) in [4.78, 5) is 24.5. The number of nitrogens with zero attached hydrogens (tertiary/aromatic N) is 4. The maximum Gasteiger partial charge on any atom is 0.272 e. The van der Waals surface area contributed by atoms with E-state index in [0.717, 1.165) is 16.9 Å². The first-order valence-electron chi connectivity index (χ1n) is 9.93. The normalized spacial score (nSPS) is 11.2. The molecule has 0 aliphatic heterocycles. The molecule has 4 rings (SSSR count). The standard InChI is InChI=1S/C21H21N5O4S.H3N/c1-25-19(28)18-15(10-12-31-18)26-16(23-24-21(25)26)3-2-4-17(27)22-11-9-13-5-7-14(8-6-13)20(29)30;/h5-8,10,12,20H,2-4,9,11H2,1H3,(H,22,27);1H3/q-2;. The molecule has 0 aliphatic rings. The second kappa shape index (κ2) is 10.0. The summed E-state index contributed by atoms with van der Waals surface area (Å²) in [6.07, 6.45) is 0.153. The SMILES string of the molecule is Cn1c(=O)c2sccc2n2c(CCCC(=O)NCCc3ccc(C([O-])[O-])cc3)nnc12.N. The fourth-order valence-corrected chi connectivity index (χ4v) is 4.35. The summed E-state index contributed by atoms with van der Waals surface area (Å²) in [5, 5.41) is 34.8. The van der Waals surface area contributed by atoms with Crippen LogP contribution >= 0.6 is 11.3 Å². The van der Waals surface area contributed by atoms with Crippen LogP contribution in [0, 0.1) is 0 Å². The van der Waals surface area contributed by atoms with Crippen LogP contribution in [0.5, 0.6) is 0 Å². The number of rotatable bonds is 8. The predicted molar refractivity (Wildman–Crippen MR) is 117 cm³/mol. The molecule has 1 amide bonds. The zero-order valence-corrected chi connectivity index (χ0v) is 18.4. The molecule has 4 N–H and O–H groups in total. The third-order valence-corrected chi connectivity index (χ3v) is 6.08. The minimum Gasteiger partial charge on any atom is -0.862 e. The molecule has 3 heterocycles. The first-order chi connectivity index (χ1) is 15.0. The fourth-order valence-electron chi connectivity index (χ4n) is 3.50. The number of fused-ring (bicyclic) bond motifs is 3. The Bertz CT molecular complexity index is 1280. The molecule has 0 unspecified atom stereocenters. The van der Waals surface area contributed by atoms with Gasteiger partial charge >= 0.3 is 0 Å². The van der Waals surface area contributed by atoms with Gasteiger partial charge in [0.2, 0.25) is 11.7 Å². The van der Waals surface area contributed by atoms with Crippen LogP contribution in [0.15, 0.2) is 40.5 Å². The van der Waals surface area contributed by atoms with Gasteiger partial charge < -0.3 is 21.7 Å². The van der Waals surface area contributed by atoms with Crippen LogP contribution in [0.1, 0.15) is 36.1 Å². The van der Waals surface area contributed by atoms with Crippen molar-refractivity contribution in [3.05, 3.63) is 63.0 Å². The average Bonchev–Trinajstić information content (AvgIpc) is 3.39. The lowest BCUT2D eigenvalue weighted by Crippen LogP contribution is -2.28. The van der Waals surface area contributed by atoms with Crippen LogP contribution in [0.3, 0.4) is 0 Å². The van der Waals surface area contributed by atoms with Crippen LogP contribution in [-0.4, -0.2) is 31.6 Å². The average molecular weight is 457 g/mol. The lowest BCUT2D eigenvalue weighted by atomic mass is 10.1. The van der Waals surface area contributed by atoms with E-state index in [1.165, 1.54) is 28.0 Å². The van der Waals surface area contributed by atoms with Gasteiger partial charge in [-0.05, 0) is 29.9 Å². The Kier molecular flexibility index (Phi) is 7.36. The molecule has 0 fully saturated rings. The van der Waals surface area contributed by atoms with Crippen molar-refractivity contribution in [2.75, 3.05) is 6.54 Å². The van der Waals surface area contributed by atoms with E-state index < -0.39 is 6.29 Å². The van der Waals surface area contributed by atoms with Crippen molar-refractivity contribution < 1.29 is 15.0 Å². The van der Waals surface area contributed by atoms with Gasteiger partial charge in [0.25, 0.3) is 5.56 Å². The summed E-state index contributed by atoms with van der Waals surface area (Å²) < 4.78 is 4.02. The third-order valence-electron chi connectivity index (χ3n) is 5.19. The highest BCUT2D eigenvalue weighted by molar-refractivity contribution is 7.17. The quantitative estimate of drug-likeness (QED) is 0.358. The smallest absolute Gasteiger partial charge is 0.272 e. The summed E-state index contributed by atoms with van der Waals surface area (Å²) in [6.45, 7) is 0.474. The highest BCUT2D eigenvalue weighted by atomic mass is 32.1. The monoisotopic (exact) mass is 456 g/mol. The molecule has 0 spiro atoms. The van der Waals surface area contributed by atoms with Crippen molar-refractivity contribution >= 4 is 33.2 Å². The van der Waals surface area contributed by atoms with E-state index in [9.17, 15) is 19.8 Å². The molecule has 11 heteroatoms. The number of hydrogen-bond donors (Lipinski definition) is 2. The lowest BCUT2D eigenvalue weighted by Gasteiger charge is -2.29. The molecule has 0 atom stereocenters. The van der Waals surface area contributed by atoms with Crippen molar-refractivity contribution in [3.63, 3.8) is 0 Å². The van der Waals surface area contributed by atoms with Gasteiger partial charge in [-0.1, -0.05) is 29.8 Å². The molecule has 4 aromatic rings. The molecule has 1 aromatic carbocycles. The Morgan fingerprint density at radius 1 is 1.16 bits per heavy atom. The topological polar surface area (TPSA) is 162 Å². The van der Waals surface area contributed by atoms with Gasteiger partial charge in [0.15, 0.2) is 0 Å². The lowest BCUT2D eigenvalue weighted by molar-refractivity contribution is -0.668.